The van der Waals surface area contributed by atoms with Crippen molar-refractivity contribution in [2.24, 2.45) is 7.05 Å². The standard InChI is InChI=1S/C17H14N6OS2/c1-23-15(11-6-8-18-9-7-11)21-22-17(23)25-10-14(24)20-16-19-12-4-2-3-5-13(12)26-16/h2-9H,10H2,1H3,(H,19,20,24). The molecule has 0 fully saturated rings. The molecule has 26 heavy (non-hydrogen) atoms. The number of fused-ring (bicyclic) bond motifs is 1. The summed E-state index contributed by atoms with van der Waals surface area (Å²) in [5, 5.41) is 12.5. The third kappa shape index (κ3) is 3.44. The fourth-order valence-corrected chi connectivity index (χ4v) is 4.00. The third-order valence-electron chi connectivity index (χ3n) is 3.65. The number of thiazole rings is 1. The third-order valence-corrected chi connectivity index (χ3v) is 5.62. The number of amides is 1. The number of thioether (sulfide) groups is 1. The fourth-order valence-electron chi connectivity index (χ4n) is 2.40. The average molecular weight is 382 g/mol. The molecule has 0 radical (unpaired) electrons. The molecule has 4 rings (SSSR count). The van der Waals surface area contributed by atoms with E-state index in [-0.39, 0.29) is 11.7 Å². The minimum absolute atomic E-state index is 0.123. The predicted molar refractivity (Wildman–Crippen MR) is 103 cm³/mol. The summed E-state index contributed by atoms with van der Waals surface area (Å²) in [7, 11) is 1.88. The van der Waals surface area contributed by atoms with Gasteiger partial charge in [-0.3, -0.25) is 9.78 Å². The van der Waals surface area contributed by atoms with Crippen molar-refractivity contribution in [2.75, 3.05) is 11.1 Å². The van der Waals surface area contributed by atoms with E-state index in [0.717, 1.165) is 21.6 Å². The van der Waals surface area contributed by atoms with Gasteiger partial charge in [-0.15, -0.1) is 10.2 Å². The quantitative estimate of drug-likeness (QED) is 0.534. The Bertz CT molecular complexity index is 1030. The van der Waals surface area contributed by atoms with E-state index in [0.29, 0.717) is 10.3 Å². The van der Waals surface area contributed by atoms with E-state index in [1.165, 1.54) is 23.1 Å². The summed E-state index contributed by atoms with van der Waals surface area (Å²) >= 11 is 2.80. The number of aromatic nitrogens is 5. The molecule has 1 amide bonds. The maximum absolute atomic E-state index is 12.2. The zero-order chi connectivity index (χ0) is 17.9. The summed E-state index contributed by atoms with van der Waals surface area (Å²) in [6, 6.07) is 11.5. The molecule has 0 spiro atoms. The number of pyridine rings is 1. The number of benzene rings is 1. The first-order chi connectivity index (χ1) is 12.7. The lowest BCUT2D eigenvalue weighted by Crippen LogP contribution is -2.14. The Balaban J connectivity index is 1.41. The molecule has 1 N–H and O–H groups in total. The van der Waals surface area contributed by atoms with Gasteiger partial charge in [0.05, 0.1) is 16.0 Å². The average Bonchev–Trinajstić information content (AvgIpc) is 3.23. The van der Waals surface area contributed by atoms with E-state index >= 15 is 0 Å². The van der Waals surface area contributed by atoms with Gasteiger partial charge in [-0.05, 0) is 24.3 Å². The molecule has 0 aliphatic carbocycles. The number of carbonyl (C=O) groups excluding carboxylic acids is 1. The molecule has 7 nitrogen and oxygen atoms in total. The zero-order valence-electron chi connectivity index (χ0n) is 13.8. The van der Waals surface area contributed by atoms with Gasteiger partial charge in [0, 0.05) is 25.0 Å². The normalized spacial score (nSPS) is 11.0. The smallest absolute Gasteiger partial charge is 0.236 e. The van der Waals surface area contributed by atoms with Crippen molar-refractivity contribution in [1.29, 1.82) is 0 Å². The van der Waals surface area contributed by atoms with E-state index in [1.807, 2.05) is 48.0 Å². The highest BCUT2D eigenvalue weighted by molar-refractivity contribution is 7.99. The summed E-state index contributed by atoms with van der Waals surface area (Å²) in [4.78, 5) is 20.6. The van der Waals surface area contributed by atoms with Gasteiger partial charge in [0.25, 0.3) is 0 Å². The molecule has 9 heteroatoms. The van der Waals surface area contributed by atoms with Crippen LogP contribution in [0.5, 0.6) is 0 Å². The van der Waals surface area contributed by atoms with Gasteiger partial charge in [-0.2, -0.15) is 0 Å². The van der Waals surface area contributed by atoms with Crippen LogP contribution in [-0.2, 0) is 11.8 Å². The van der Waals surface area contributed by atoms with E-state index < -0.39 is 0 Å². The second-order valence-corrected chi connectivity index (χ2v) is 7.40. The Kier molecular flexibility index (Phi) is 4.63. The Labute approximate surface area is 157 Å². The van der Waals surface area contributed by atoms with Gasteiger partial charge in [-0.1, -0.05) is 35.2 Å². The molecule has 0 aliphatic rings. The lowest BCUT2D eigenvalue weighted by atomic mass is 10.2. The molecule has 130 valence electrons. The van der Waals surface area contributed by atoms with Gasteiger partial charge in [0.15, 0.2) is 16.1 Å². The van der Waals surface area contributed by atoms with Gasteiger partial charge >= 0.3 is 0 Å². The number of hydrogen-bond donors (Lipinski definition) is 1. The lowest BCUT2D eigenvalue weighted by molar-refractivity contribution is -0.113. The molecular weight excluding hydrogens is 368 g/mol. The molecule has 3 heterocycles. The van der Waals surface area contributed by atoms with Crippen molar-refractivity contribution < 1.29 is 4.79 Å². The van der Waals surface area contributed by atoms with Crippen molar-refractivity contribution in [3.63, 3.8) is 0 Å². The van der Waals surface area contributed by atoms with Crippen molar-refractivity contribution in [3.05, 3.63) is 48.8 Å². The summed E-state index contributed by atoms with van der Waals surface area (Å²) < 4.78 is 2.91. The number of para-hydroxylation sites is 1. The van der Waals surface area contributed by atoms with Gasteiger partial charge < -0.3 is 9.88 Å². The largest absolute Gasteiger partial charge is 0.305 e. The first kappa shape index (κ1) is 16.7. The number of rotatable bonds is 5. The Morgan fingerprint density at radius 1 is 1.19 bits per heavy atom. The molecular formula is C17H14N6OS2. The predicted octanol–water partition coefficient (Wildman–Crippen LogP) is 3.22. The fraction of sp³-hybridized carbons (Fsp3) is 0.118. The van der Waals surface area contributed by atoms with Crippen molar-refractivity contribution in [3.8, 4) is 11.4 Å². The van der Waals surface area contributed by atoms with Gasteiger partial charge in [-0.25, -0.2) is 4.98 Å². The molecule has 0 aliphatic heterocycles. The van der Waals surface area contributed by atoms with Gasteiger partial charge in [0.1, 0.15) is 0 Å². The van der Waals surface area contributed by atoms with Crippen molar-refractivity contribution >= 4 is 44.4 Å². The molecule has 0 saturated heterocycles. The Hall–Kier alpha value is -2.78. The maximum Gasteiger partial charge on any atom is 0.236 e. The van der Waals surface area contributed by atoms with Gasteiger partial charge in [0.2, 0.25) is 5.91 Å². The summed E-state index contributed by atoms with van der Waals surface area (Å²) in [6.45, 7) is 0. The monoisotopic (exact) mass is 382 g/mol. The number of nitrogens with zero attached hydrogens (tertiary/aromatic N) is 5. The first-order valence-electron chi connectivity index (χ1n) is 7.79. The van der Waals surface area contributed by atoms with Crippen LogP contribution in [0.1, 0.15) is 0 Å². The van der Waals surface area contributed by atoms with E-state index in [9.17, 15) is 4.79 Å². The highest BCUT2D eigenvalue weighted by atomic mass is 32.2. The van der Waals surface area contributed by atoms with Crippen molar-refractivity contribution in [1.82, 2.24) is 24.7 Å². The second-order valence-electron chi connectivity index (χ2n) is 5.42. The SMILES string of the molecule is Cn1c(SCC(=O)Nc2nc3ccccc3s2)nnc1-c1ccncc1. The zero-order valence-corrected chi connectivity index (χ0v) is 15.4. The topological polar surface area (TPSA) is 85.6 Å². The van der Waals surface area contributed by atoms with E-state index in [2.05, 4.69) is 25.5 Å². The van der Waals surface area contributed by atoms with Crippen LogP contribution in [0.2, 0.25) is 0 Å². The minimum atomic E-state index is -0.123. The number of nitrogens with one attached hydrogen (secondary N) is 1. The number of anilines is 1. The summed E-state index contributed by atoms with van der Waals surface area (Å²) in [6.07, 6.45) is 3.42. The maximum atomic E-state index is 12.2. The summed E-state index contributed by atoms with van der Waals surface area (Å²) in [5.74, 6) is 0.849. The van der Waals surface area contributed by atoms with Crippen LogP contribution >= 0.6 is 23.1 Å². The molecule has 3 aromatic heterocycles. The Morgan fingerprint density at radius 3 is 2.81 bits per heavy atom. The summed E-state index contributed by atoms with van der Waals surface area (Å²) in [5.41, 5.74) is 1.82. The van der Waals surface area contributed by atoms with E-state index in [1.54, 1.807) is 12.4 Å². The van der Waals surface area contributed by atoms with Crippen LogP contribution < -0.4 is 5.32 Å². The molecule has 0 saturated carbocycles. The van der Waals surface area contributed by atoms with Crippen LogP contribution in [0, 0.1) is 0 Å². The van der Waals surface area contributed by atoms with Crippen LogP contribution in [0.4, 0.5) is 5.13 Å². The highest BCUT2D eigenvalue weighted by Crippen LogP contribution is 2.26. The molecule has 1 aromatic carbocycles. The lowest BCUT2D eigenvalue weighted by Gasteiger charge is -2.03. The Morgan fingerprint density at radius 2 is 2.00 bits per heavy atom. The first-order valence-corrected chi connectivity index (χ1v) is 9.59. The molecule has 0 unspecified atom stereocenters. The van der Waals surface area contributed by atoms with Crippen LogP contribution in [-0.4, -0.2) is 36.4 Å². The van der Waals surface area contributed by atoms with Crippen LogP contribution in [0.3, 0.4) is 0 Å². The molecule has 4 aromatic rings. The van der Waals surface area contributed by atoms with Crippen LogP contribution in [0.25, 0.3) is 21.6 Å². The van der Waals surface area contributed by atoms with E-state index in [4.69, 9.17) is 0 Å². The highest BCUT2D eigenvalue weighted by Gasteiger charge is 2.14. The van der Waals surface area contributed by atoms with Crippen molar-refractivity contribution in [2.45, 2.75) is 5.16 Å². The number of carbonyl (C=O) groups is 1. The second kappa shape index (κ2) is 7.22. The molecule has 0 atom stereocenters. The minimum Gasteiger partial charge on any atom is -0.305 e. The molecule has 0 bridgehead atoms. The number of hydrogen-bond acceptors (Lipinski definition) is 7. The van der Waals surface area contributed by atoms with Crippen LogP contribution in [0.15, 0.2) is 53.9 Å².